The fourth-order valence-electron chi connectivity index (χ4n) is 3.38. The lowest BCUT2D eigenvalue weighted by Crippen LogP contribution is -2.38. The van der Waals surface area contributed by atoms with Gasteiger partial charge < -0.3 is 10.5 Å². The van der Waals surface area contributed by atoms with E-state index in [1.165, 1.54) is 37.7 Å². The lowest BCUT2D eigenvalue weighted by molar-refractivity contribution is 0.195. The smallest absolute Gasteiger partial charge is 0.212 e. The molecule has 3 nitrogen and oxygen atoms in total. The van der Waals surface area contributed by atoms with Crippen LogP contribution in [0.4, 0.5) is 0 Å². The van der Waals surface area contributed by atoms with E-state index in [2.05, 4.69) is 18.0 Å². The van der Waals surface area contributed by atoms with Gasteiger partial charge in [0.05, 0.1) is 7.11 Å². The molecule has 1 aromatic heterocycles. The van der Waals surface area contributed by atoms with E-state index in [9.17, 15) is 0 Å². The molecule has 2 N–H and O–H groups in total. The maximum Gasteiger partial charge on any atom is 0.212 e. The van der Waals surface area contributed by atoms with Crippen LogP contribution < -0.4 is 10.5 Å². The maximum atomic E-state index is 6.46. The standard InChI is InChI=1S/C16H26N2O/c1-3-13-6-4-5-7-14(13)15(17)10-12-8-9-16(19-2)18-11-12/h8-9,11,13-15H,3-7,10,17H2,1-2H3. The van der Waals surface area contributed by atoms with Crippen LogP contribution in [-0.2, 0) is 6.42 Å². The van der Waals surface area contributed by atoms with Crippen molar-refractivity contribution in [2.75, 3.05) is 7.11 Å². The van der Waals surface area contributed by atoms with Gasteiger partial charge in [-0.2, -0.15) is 0 Å². The van der Waals surface area contributed by atoms with Gasteiger partial charge in [0.25, 0.3) is 0 Å². The van der Waals surface area contributed by atoms with E-state index in [1.807, 2.05) is 12.3 Å². The van der Waals surface area contributed by atoms with Crippen molar-refractivity contribution in [2.24, 2.45) is 17.6 Å². The number of ether oxygens (including phenoxy) is 1. The summed E-state index contributed by atoms with van der Waals surface area (Å²) in [5.74, 6) is 2.16. The Hall–Kier alpha value is -1.09. The summed E-state index contributed by atoms with van der Waals surface area (Å²) in [6.07, 6.45) is 9.46. The van der Waals surface area contributed by atoms with Gasteiger partial charge in [-0.25, -0.2) is 4.98 Å². The van der Waals surface area contributed by atoms with Gasteiger partial charge in [0.1, 0.15) is 0 Å². The predicted octanol–water partition coefficient (Wildman–Crippen LogP) is 3.18. The van der Waals surface area contributed by atoms with Crippen molar-refractivity contribution in [3.63, 3.8) is 0 Å². The lowest BCUT2D eigenvalue weighted by Gasteiger charge is -2.35. The Kier molecular flexibility index (Phi) is 5.20. The molecule has 2 rings (SSSR count). The third-order valence-electron chi connectivity index (χ3n) is 4.52. The first-order valence-corrected chi connectivity index (χ1v) is 7.49. The first kappa shape index (κ1) is 14.3. The molecule has 19 heavy (non-hydrogen) atoms. The number of hydrogen-bond donors (Lipinski definition) is 1. The van der Waals surface area contributed by atoms with Crippen molar-refractivity contribution < 1.29 is 4.74 Å². The zero-order valence-corrected chi connectivity index (χ0v) is 12.1. The van der Waals surface area contributed by atoms with E-state index in [0.717, 1.165) is 12.3 Å². The Morgan fingerprint density at radius 2 is 2.16 bits per heavy atom. The summed E-state index contributed by atoms with van der Waals surface area (Å²) >= 11 is 0. The molecule has 0 amide bonds. The van der Waals surface area contributed by atoms with E-state index >= 15 is 0 Å². The fraction of sp³-hybridized carbons (Fsp3) is 0.688. The van der Waals surface area contributed by atoms with Crippen LogP contribution in [-0.4, -0.2) is 18.1 Å². The van der Waals surface area contributed by atoms with Crippen LogP contribution in [0.3, 0.4) is 0 Å². The Bertz CT molecular complexity index is 377. The fourth-order valence-corrected chi connectivity index (χ4v) is 3.38. The summed E-state index contributed by atoms with van der Waals surface area (Å²) in [7, 11) is 1.64. The molecule has 0 aromatic carbocycles. The van der Waals surface area contributed by atoms with Crippen molar-refractivity contribution in [3.8, 4) is 5.88 Å². The predicted molar refractivity (Wildman–Crippen MR) is 78.2 cm³/mol. The van der Waals surface area contributed by atoms with Crippen molar-refractivity contribution in [1.29, 1.82) is 0 Å². The highest BCUT2D eigenvalue weighted by Crippen LogP contribution is 2.34. The molecule has 1 aliphatic rings. The van der Waals surface area contributed by atoms with Crippen LogP contribution in [0.5, 0.6) is 5.88 Å². The number of aromatic nitrogens is 1. The van der Waals surface area contributed by atoms with Crippen molar-refractivity contribution >= 4 is 0 Å². The summed E-state index contributed by atoms with van der Waals surface area (Å²) < 4.78 is 5.08. The van der Waals surface area contributed by atoms with Crippen LogP contribution in [0, 0.1) is 11.8 Å². The molecule has 3 heteroatoms. The average molecular weight is 262 g/mol. The molecular weight excluding hydrogens is 236 g/mol. The van der Waals surface area contributed by atoms with Crippen LogP contribution >= 0.6 is 0 Å². The van der Waals surface area contributed by atoms with Crippen molar-refractivity contribution in [1.82, 2.24) is 4.98 Å². The normalized spacial score (nSPS) is 25.0. The molecule has 0 saturated heterocycles. The molecule has 1 aliphatic carbocycles. The van der Waals surface area contributed by atoms with Gasteiger partial charge in [-0.3, -0.25) is 0 Å². The monoisotopic (exact) mass is 262 g/mol. The summed E-state index contributed by atoms with van der Waals surface area (Å²) in [5.41, 5.74) is 7.67. The van der Waals surface area contributed by atoms with E-state index in [1.54, 1.807) is 7.11 Å². The molecular formula is C16H26N2O. The minimum absolute atomic E-state index is 0.264. The van der Waals surface area contributed by atoms with E-state index in [0.29, 0.717) is 11.8 Å². The number of nitrogens with two attached hydrogens (primary N) is 1. The Labute approximate surface area is 116 Å². The topological polar surface area (TPSA) is 48.1 Å². The minimum atomic E-state index is 0.264. The van der Waals surface area contributed by atoms with Crippen LogP contribution in [0.2, 0.25) is 0 Å². The van der Waals surface area contributed by atoms with Gasteiger partial charge in [-0.15, -0.1) is 0 Å². The first-order chi connectivity index (χ1) is 9.24. The van der Waals surface area contributed by atoms with Gasteiger partial charge in [0, 0.05) is 18.3 Å². The quantitative estimate of drug-likeness (QED) is 0.886. The summed E-state index contributed by atoms with van der Waals surface area (Å²) in [4.78, 5) is 4.26. The molecule has 3 unspecified atom stereocenters. The van der Waals surface area contributed by atoms with Crippen LogP contribution in [0.15, 0.2) is 18.3 Å². The van der Waals surface area contributed by atoms with Crippen molar-refractivity contribution in [3.05, 3.63) is 23.9 Å². The highest BCUT2D eigenvalue weighted by atomic mass is 16.5. The molecule has 0 spiro atoms. The van der Waals surface area contributed by atoms with Gasteiger partial charge in [-0.1, -0.05) is 38.7 Å². The van der Waals surface area contributed by atoms with E-state index in [4.69, 9.17) is 10.5 Å². The second-order valence-corrected chi connectivity index (χ2v) is 5.69. The second kappa shape index (κ2) is 6.90. The van der Waals surface area contributed by atoms with Gasteiger partial charge in [0.2, 0.25) is 5.88 Å². The SMILES string of the molecule is CCC1CCCCC1C(N)Cc1ccc(OC)nc1. The molecule has 3 atom stereocenters. The Balaban J connectivity index is 1.96. The average Bonchev–Trinajstić information content (AvgIpc) is 2.48. The summed E-state index contributed by atoms with van der Waals surface area (Å²) in [6.45, 7) is 2.30. The minimum Gasteiger partial charge on any atom is -0.481 e. The molecule has 106 valence electrons. The van der Waals surface area contributed by atoms with E-state index in [-0.39, 0.29) is 6.04 Å². The second-order valence-electron chi connectivity index (χ2n) is 5.69. The largest absolute Gasteiger partial charge is 0.481 e. The Morgan fingerprint density at radius 1 is 1.37 bits per heavy atom. The molecule has 1 aromatic rings. The number of nitrogens with zero attached hydrogens (tertiary/aromatic N) is 1. The molecule has 1 heterocycles. The molecule has 0 bridgehead atoms. The maximum absolute atomic E-state index is 6.46. The highest BCUT2D eigenvalue weighted by molar-refractivity contribution is 5.18. The zero-order chi connectivity index (χ0) is 13.7. The van der Waals surface area contributed by atoms with Crippen LogP contribution in [0.1, 0.15) is 44.6 Å². The van der Waals surface area contributed by atoms with Gasteiger partial charge in [-0.05, 0) is 30.2 Å². The zero-order valence-electron chi connectivity index (χ0n) is 12.1. The van der Waals surface area contributed by atoms with Crippen molar-refractivity contribution in [2.45, 2.75) is 51.5 Å². The first-order valence-electron chi connectivity index (χ1n) is 7.49. The highest BCUT2D eigenvalue weighted by Gasteiger charge is 2.28. The van der Waals surface area contributed by atoms with Crippen LogP contribution in [0.25, 0.3) is 0 Å². The third kappa shape index (κ3) is 3.69. The number of hydrogen-bond acceptors (Lipinski definition) is 3. The van der Waals surface area contributed by atoms with Gasteiger partial charge >= 0.3 is 0 Å². The molecule has 0 radical (unpaired) electrons. The van der Waals surface area contributed by atoms with E-state index < -0.39 is 0 Å². The number of methoxy groups -OCH3 is 1. The Morgan fingerprint density at radius 3 is 2.79 bits per heavy atom. The lowest BCUT2D eigenvalue weighted by atomic mass is 9.73. The number of pyridine rings is 1. The summed E-state index contributed by atoms with van der Waals surface area (Å²) in [5, 5.41) is 0. The molecule has 0 aliphatic heterocycles. The molecule has 1 saturated carbocycles. The van der Waals surface area contributed by atoms with Gasteiger partial charge in [0.15, 0.2) is 0 Å². The number of rotatable bonds is 5. The molecule has 1 fully saturated rings. The third-order valence-corrected chi connectivity index (χ3v) is 4.52. The summed E-state index contributed by atoms with van der Waals surface area (Å²) in [6, 6.07) is 4.26.